The number of morpholine rings is 1. The van der Waals surface area contributed by atoms with Crippen LogP contribution in [0.15, 0.2) is 30.5 Å². The molecule has 2 fully saturated rings. The highest BCUT2D eigenvalue weighted by molar-refractivity contribution is 7.21. The molecule has 0 aliphatic carbocycles. The molecule has 11 heteroatoms. The molecule has 7 rings (SSSR count). The van der Waals surface area contributed by atoms with Gasteiger partial charge < -0.3 is 20.1 Å². The van der Waals surface area contributed by atoms with Crippen molar-refractivity contribution in [3.63, 3.8) is 0 Å². The number of carbonyl (C=O) groups excluding carboxylic acids is 1. The van der Waals surface area contributed by atoms with E-state index in [4.69, 9.17) is 26.1 Å². The number of hydrogen-bond donors (Lipinski definition) is 2. The predicted octanol–water partition coefficient (Wildman–Crippen LogP) is 4.59. The minimum atomic E-state index is -0.0448. The first-order valence-corrected chi connectivity index (χ1v) is 13.7. The fraction of sp³-hybridized carbons (Fsp3) is 0.385. The molecule has 3 aliphatic rings. The number of amides is 1. The number of pyridine rings is 1. The Labute approximate surface area is 222 Å². The van der Waals surface area contributed by atoms with Crippen molar-refractivity contribution in [3.8, 4) is 11.8 Å². The Balaban J connectivity index is 1.23. The molecule has 1 amide bonds. The third-order valence-corrected chi connectivity index (χ3v) is 8.74. The lowest BCUT2D eigenvalue weighted by Crippen LogP contribution is -2.45. The van der Waals surface area contributed by atoms with Crippen molar-refractivity contribution in [1.82, 2.24) is 25.2 Å². The number of halogens is 1. The smallest absolute Gasteiger partial charge is 0.263 e. The van der Waals surface area contributed by atoms with E-state index in [9.17, 15) is 4.79 Å². The number of ether oxygens (including phenoxy) is 2. The first kappa shape index (κ1) is 23.1. The molecule has 3 aromatic heterocycles. The predicted molar refractivity (Wildman–Crippen MR) is 143 cm³/mol. The van der Waals surface area contributed by atoms with Gasteiger partial charge in [-0.25, -0.2) is 9.97 Å². The number of nitrogens with one attached hydrogen (secondary N) is 2. The molecule has 0 spiro atoms. The van der Waals surface area contributed by atoms with Gasteiger partial charge in [0, 0.05) is 64.5 Å². The number of anilines is 1. The van der Waals surface area contributed by atoms with Gasteiger partial charge in [0.15, 0.2) is 0 Å². The molecule has 1 aromatic carbocycles. The van der Waals surface area contributed by atoms with Gasteiger partial charge in [0.2, 0.25) is 17.0 Å². The summed E-state index contributed by atoms with van der Waals surface area (Å²) >= 11 is 7.64. The molecule has 3 aliphatic heterocycles. The van der Waals surface area contributed by atoms with Crippen LogP contribution in [0.1, 0.15) is 35.0 Å². The highest BCUT2D eigenvalue weighted by Gasteiger charge is 2.37. The summed E-state index contributed by atoms with van der Waals surface area (Å²) in [6.45, 7) is 4.84. The molecular weight excluding hydrogens is 512 g/mol. The SMILES string of the molecule is C[C@H]1CNc2c(sc3ccc4nc(Oc5nc(Cl)ncc5CN5C6CCC5COC6)ccc4c23)C(=O)N1. The van der Waals surface area contributed by atoms with E-state index in [-0.39, 0.29) is 17.2 Å². The maximum atomic E-state index is 12.7. The number of nitrogens with zero attached hydrogens (tertiary/aromatic N) is 4. The molecule has 37 heavy (non-hydrogen) atoms. The third kappa shape index (κ3) is 4.08. The van der Waals surface area contributed by atoms with Crippen LogP contribution in [0.3, 0.4) is 0 Å². The van der Waals surface area contributed by atoms with E-state index < -0.39 is 0 Å². The molecule has 3 atom stereocenters. The lowest BCUT2D eigenvalue weighted by molar-refractivity contribution is -0.0190. The van der Waals surface area contributed by atoms with Gasteiger partial charge in [0.05, 0.1) is 24.4 Å². The van der Waals surface area contributed by atoms with Crippen LogP contribution in [0.2, 0.25) is 5.28 Å². The van der Waals surface area contributed by atoms with Gasteiger partial charge in [-0.15, -0.1) is 11.3 Å². The van der Waals surface area contributed by atoms with Gasteiger partial charge in [-0.05, 0) is 49.6 Å². The Morgan fingerprint density at radius 1 is 1.19 bits per heavy atom. The van der Waals surface area contributed by atoms with Gasteiger partial charge in [-0.3, -0.25) is 9.69 Å². The van der Waals surface area contributed by atoms with Crippen LogP contribution in [0.5, 0.6) is 11.8 Å². The topological polar surface area (TPSA) is 102 Å². The monoisotopic (exact) mass is 536 g/mol. The molecule has 2 unspecified atom stereocenters. The Kier molecular flexibility index (Phi) is 5.65. The fourth-order valence-corrected chi connectivity index (χ4v) is 6.82. The van der Waals surface area contributed by atoms with Crippen molar-refractivity contribution in [1.29, 1.82) is 0 Å². The first-order valence-electron chi connectivity index (χ1n) is 12.5. The second kappa shape index (κ2) is 9.05. The van der Waals surface area contributed by atoms with E-state index in [0.717, 1.165) is 58.3 Å². The molecule has 0 radical (unpaired) electrons. The fourth-order valence-electron chi connectivity index (χ4n) is 5.60. The third-order valence-electron chi connectivity index (χ3n) is 7.41. The minimum Gasteiger partial charge on any atom is -0.420 e. The van der Waals surface area contributed by atoms with E-state index in [1.807, 2.05) is 31.2 Å². The van der Waals surface area contributed by atoms with Gasteiger partial charge in [0.1, 0.15) is 4.88 Å². The Hall–Kier alpha value is -3.05. The summed E-state index contributed by atoms with van der Waals surface area (Å²) in [5.74, 6) is 0.792. The molecule has 6 heterocycles. The summed E-state index contributed by atoms with van der Waals surface area (Å²) < 4.78 is 13.0. The first-order chi connectivity index (χ1) is 18.0. The Morgan fingerprint density at radius 3 is 2.86 bits per heavy atom. The summed E-state index contributed by atoms with van der Waals surface area (Å²) in [6.07, 6.45) is 4.01. The largest absolute Gasteiger partial charge is 0.420 e. The average Bonchev–Trinajstić information content (AvgIpc) is 3.30. The van der Waals surface area contributed by atoms with Crippen LogP contribution in [-0.2, 0) is 11.3 Å². The maximum absolute atomic E-state index is 12.7. The number of benzene rings is 1. The van der Waals surface area contributed by atoms with E-state index in [2.05, 4.69) is 25.5 Å². The average molecular weight is 537 g/mol. The van der Waals surface area contributed by atoms with Crippen molar-refractivity contribution in [3.05, 3.63) is 46.2 Å². The molecule has 2 N–H and O–H groups in total. The van der Waals surface area contributed by atoms with Crippen LogP contribution in [0, 0.1) is 0 Å². The van der Waals surface area contributed by atoms with Crippen LogP contribution in [-0.4, -0.2) is 63.6 Å². The zero-order chi connectivity index (χ0) is 25.1. The number of carbonyl (C=O) groups is 1. The van der Waals surface area contributed by atoms with Gasteiger partial charge in [-0.2, -0.15) is 4.98 Å². The van der Waals surface area contributed by atoms with Crippen LogP contribution in [0.4, 0.5) is 5.69 Å². The number of thiophene rings is 1. The number of rotatable bonds is 4. The molecule has 9 nitrogen and oxygen atoms in total. The molecular formula is C26H25ClN6O3S. The number of fused-ring (bicyclic) bond motifs is 7. The highest BCUT2D eigenvalue weighted by atomic mass is 35.5. The van der Waals surface area contributed by atoms with Crippen molar-refractivity contribution in [2.45, 2.75) is 44.4 Å². The van der Waals surface area contributed by atoms with Crippen molar-refractivity contribution in [2.24, 2.45) is 0 Å². The normalized spacial score (nSPS) is 23.5. The van der Waals surface area contributed by atoms with Crippen LogP contribution < -0.4 is 15.4 Å². The molecule has 2 bridgehead atoms. The zero-order valence-electron chi connectivity index (χ0n) is 20.2. The summed E-state index contributed by atoms with van der Waals surface area (Å²) in [6, 6.07) is 8.66. The van der Waals surface area contributed by atoms with E-state index in [1.165, 1.54) is 11.3 Å². The molecule has 2 saturated heterocycles. The van der Waals surface area contributed by atoms with Crippen LogP contribution in [0.25, 0.3) is 21.0 Å². The maximum Gasteiger partial charge on any atom is 0.263 e. The highest BCUT2D eigenvalue weighted by Crippen LogP contribution is 2.41. The standard InChI is InChI=1S/C26H25ClN6O3S/c1-13-8-28-22-21-17-4-7-20(31-18(17)5-6-19(21)37-23(22)24(34)30-13)36-25-14(9-29-26(27)32-25)10-33-15-2-3-16(33)12-35-11-15/h4-7,9,13,15-16,28H,2-3,8,10-12H2,1H3,(H,30,34)/t13-,15?,16?/m0/s1. The van der Waals surface area contributed by atoms with Crippen molar-refractivity contribution < 1.29 is 14.3 Å². The Morgan fingerprint density at radius 2 is 2.03 bits per heavy atom. The minimum absolute atomic E-state index is 0.0448. The number of aromatic nitrogens is 3. The van der Waals surface area contributed by atoms with E-state index in [0.29, 0.717) is 41.8 Å². The van der Waals surface area contributed by atoms with Gasteiger partial charge in [0.25, 0.3) is 5.91 Å². The van der Waals surface area contributed by atoms with E-state index in [1.54, 1.807) is 6.20 Å². The van der Waals surface area contributed by atoms with Crippen molar-refractivity contribution >= 4 is 55.5 Å². The lowest BCUT2D eigenvalue weighted by atomic mass is 10.1. The summed E-state index contributed by atoms with van der Waals surface area (Å²) in [5.41, 5.74) is 2.51. The van der Waals surface area contributed by atoms with E-state index >= 15 is 0 Å². The Bertz CT molecular complexity index is 1530. The summed E-state index contributed by atoms with van der Waals surface area (Å²) in [4.78, 5) is 29.3. The summed E-state index contributed by atoms with van der Waals surface area (Å²) in [7, 11) is 0. The lowest BCUT2D eigenvalue weighted by Gasteiger charge is -2.34. The zero-order valence-corrected chi connectivity index (χ0v) is 21.7. The van der Waals surface area contributed by atoms with Gasteiger partial charge in [-0.1, -0.05) is 0 Å². The second-order valence-corrected chi connectivity index (χ2v) is 11.3. The van der Waals surface area contributed by atoms with Gasteiger partial charge >= 0.3 is 0 Å². The second-order valence-electron chi connectivity index (χ2n) is 9.88. The summed E-state index contributed by atoms with van der Waals surface area (Å²) in [5, 5.41) is 8.59. The van der Waals surface area contributed by atoms with Crippen molar-refractivity contribution in [2.75, 3.05) is 25.1 Å². The van der Waals surface area contributed by atoms with Crippen LogP contribution >= 0.6 is 22.9 Å². The molecule has 190 valence electrons. The number of hydrogen-bond acceptors (Lipinski definition) is 9. The molecule has 0 saturated carbocycles. The molecule has 4 aromatic rings. The quantitative estimate of drug-likeness (QED) is 0.365.